The van der Waals surface area contributed by atoms with Crippen LogP contribution in [0.2, 0.25) is 0 Å². The van der Waals surface area contributed by atoms with Crippen molar-refractivity contribution in [2.45, 2.75) is 13.3 Å². The smallest absolute Gasteiger partial charge is 0.262 e. The molecule has 0 aliphatic rings. The third kappa shape index (κ3) is 1.42. The summed E-state index contributed by atoms with van der Waals surface area (Å²) in [6.45, 7) is 2.06. The molecule has 4 nitrogen and oxygen atoms in total. The maximum atomic E-state index is 11.6. The summed E-state index contributed by atoms with van der Waals surface area (Å²) in [6.07, 6.45) is 0.915. The summed E-state index contributed by atoms with van der Waals surface area (Å²) < 4.78 is 0.999. The highest BCUT2D eigenvalue weighted by molar-refractivity contribution is 14.1. The summed E-state index contributed by atoms with van der Waals surface area (Å²) in [5, 5.41) is 0.668. The third-order valence-electron chi connectivity index (χ3n) is 1.91. The van der Waals surface area contributed by atoms with E-state index in [0.29, 0.717) is 5.39 Å². The van der Waals surface area contributed by atoms with Crippen molar-refractivity contribution in [3.05, 3.63) is 18.8 Å². The maximum Gasteiger partial charge on any atom is 0.262 e. The molecular weight excluding hydrogens is 313 g/mol. The molecule has 74 valence electrons. The van der Waals surface area contributed by atoms with Crippen molar-refractivity contribution in [3.63, 3.8) is 0 Å². The van der Waals surface area contributed by atoms with Gasteiger partial charge in [-0.25, -0.2) is 4.98 Å². The van der Waals surface area contributed by atoms with Gasteiger partial charge in [0.25, 0.3) is 5.56 Å². The number of nitrogens with two attached hydrogens (primary N) is 1. The second-order valence-electron chi connectivity index (χ2n) is 2.82. The quantitative estimate of drug-likeness (QED) is 0.786. The van der Waals surface area contributed by atoms with Crippen LogP contribution < -0.4 is 11.3 Å². The van der Waals surface area contributed by atoms with Crippen LogP contribution in [0.1, 0.15) is 11.8 Å². The van der Waals surface area contributed by atoms with Crippen LogP contribution in [-0.2, 0) is 6.42 Å². The molecule has 0 aliphatic heterocycles. The van der Waals surface area contributed by atoms with Gasteiger partial charge in [0, 0.05) is 8.45 Å². The highest BCUT2D eigenvalue weighted by Gasteiger charge is 2.13. The number of thiophene rings is 1. The number of halogens is 1. The van der Waals surface area contributed by atoms with Crippen LogP contribution in [0.4, 0.5) is 5.95 Å². The Kier molecular flexibility index (Phi) is 2.48. The molecule has 0 fully saturated rings. The largest absolute Gasteiger partial charge is 0.369 e. The summed E-state index contributed by atoms with van der Waals surface area (Å²) in [5.74, 6) is 0.183. The number of nitrogens with one attached hydrogen (secondary N) is 1. The molecule has 0 aromatic carbocycles. The number of aryl methyl sites for hydroxylation is 1. The number of aromatic nitrogens is 2. The van der Waals surface area contributed by atoms with E-state index >= 15 is 0 Å². The van der Waals surface area contributed by atoms with E-state index in [0.717, 1.165) is 14.8 Å². The molecule has 0 saturated heterocycles. The van der Waals surface area contributed by atoms with Gasteiger partial charge in [0.05, 0.1) is 5.39 Å². The lowest BCUT2D eigenvalue weighted by molar-refractivity contribution is 1.17. The van der Waals surface area contributed by atoms with Gasteiger partial charge in [-0.3, -0.25) is 9.78 Å². The van der Waals surface area contributed by atoms with Gasteiger partial charge in [0.15, 0.2) is 0 Å². The topological polar surface area (TPSA) is 71.8 Å². The Morgan fingerprint density at radius 1 is 1.64 bits per heavy atom. The van der Waals surface area contributed by atoms with E-state index in [1.165, 1.54) is 16.2 Å². The Morgan fingerprint density at radius 3 is 3.00 bits per heavy atom. The molecule has 2 rings (SSSR count). The Morgan fingerprint density at radius 2 is 2.36 bits per heavy atom. The van der Waals surface area contributed by atoms with Gasteiger partial charge in [-0.2, -0.15) is 0 Å². The van der Waals surface area contributed by atoms with Crippen LogP contribution in [0.25, 0.3) is 10.2 Å². The van der Waals surface area contributed by atoms with Gasteiger partial charge in [0.2, 0.25) is 5.95 Å². The number of nitrogens with zero attached hydrogens (tertiary/aromatic N) is 1. The van der Waals surface area contributed by atoms with Crippen molar-refractivity contribution in [3.8, 4) is 0 Å². The molecule has 2 aromatic rings. The first kappa shape index (κ1) is 9.91. The molecule has 2 aromatic heterocycles. The fraction of sp³-hybridized carbons (Fsp3) is 0.250. The van der Waals surface area contributed by atoms with E-state index in [9.17, 15) is 4.79 Å². The highest BCUT2D eigenvalue weighted by atomic mass is 127. The van der Waals surface area contributed by atoms with Crippen LogP contribution in [0.3, 0.4) is 0 Å². The highest BCUT2D eigenvalue weighted by Crippen LogP contribution is 2.29. The van der Waals surface area contributed by atoms with E-state index in [2.05, 4.69) is 39.5 Å². The van der Waals surface area contributed by atoms with Gasteiger partial charge in [0.1, 0.15) is 4.83 Å². The molecule has 3 N–H and O–H groups in total. The number of hydrogen-bond acceptors (Lipinski definition) is 4. The van der Waals surface area contributed by atoms with Crippen molar-refractivity contribution in [2.75, 3.05) is 5.73 Å². The van der Waals surface area contributed by atoms with Gasteiger partial charge < -0.3 is 5.73 Å². The number of rotatable bonds is 1. The van der Waals surface area contributed by atoms with Gasteiger partial charge in [-0.05, 0) is 29.0 Å². The molecule has 0 unspecified atom stereocenters. The minimum atomic E-state index is -0.146. The second kappa shape index (κ2) is 3.50. The SMILES string of the molecule is CCc1sc2nc(N)[nH]c(=O)c2c1I. The lowest BCUT2D eigenvalue weighted by Gasteiger charge is -1.92. The van der Waals surface area contributed by atoms with E-state index in [-0.39, 0.29) is 11.5 Å². The summed E-state index contributed by atoms with van der Waals surface area (Å²) >= 11 is 3.71. The fourth-order valence-electron chi connectivity index (χ4n) is 1.26. The zero-order chi connectivity index (χ0) is 10.3. The number of hydrogen-bond donors (Lipinski definition) is 2. The Hall–Kier alpha value is -0.630. The molecule has 0 aliphatic carbocycles. The summed E-state index contributed by atoms with van der Waals surface area (Å²) in [5.41, 5.74) is 5.32. The lowest BCUT2D eigenvalue weighted by atomic mass is 10.3. The van der Waals surface area contributed by atoms with Crippen molar-refractivity contribution in [1.29, 1.82) is 0 Å². The van der Waals surface area contributed by atoms with Crippen LogP contribution in [0, 0.1) is 3.57 Å². The normalized spacial score (nSPS) is 11.0. The summed E-state index contributed by atoms with van der Waals surface area (Å²) in [4.78, 5) is 20.1. The first-order valence-corrected chi connectivity index (χ1v) is 5.99. The van der Waals surface area contributed by atoms with Crippen molar-refractivity contribution in [2.24, 2.45) is 0 Å². The molecular formula is C8H8IN3OS. The van der Waals surface area contributed by atoms with Crippen LogP contribution >= 0.6 is 33.9 Å². The molecule has 14 heavy (non-hydrogen) atoms. The molecule has 0 atom stereocenters. The summed E-state index contributed by atoms with van der Waals surface area (Å²) in [6, 6.07) is 0. The fourth-order valence-corrected chi connectivity index (χ4v) is 3.67. The average Bonchev–Trinajstić information content (AvgIpc) is 2.42. The number of anilines is 1. The number of aromatic amines is 1. The standard InChI is InChI=1S/C8H8IN3OS/c1-2-3-5(9)4-6(13)11-8(10)12-7(4)14-3/h2H2,1H3,(H3,10,11,12,13). The first-order chi connectivity index (χ1) is 6.63. The Labute approximate surface area is 97.7 Å². The van der Waals surface area contributed by atoms with Gasteiger partial charge in [-0.1, -0.05) is 6.92 Å². The van der Waals surface area contributed by atoms with E-state index in [1.54, 1.807) is 0 Å². The molecule has 0 radical (unpaired) electrons. The number of fused-ring (bicyclic) bond motifs is 1. The van der Waals surface area contributed by atoms with E-state index in [4.69, 9.17) is 5.73 Å². The van der Waals surface area contributed by atoms with Crippen LogP contribution in [0.15, 0.2) is 4.79 Å². The summed E-state index contributed by atoms with van der Waals surface area (Å²) in [7, 11) is 0. The molecule has 0 amide bonds. The molecule has 2 heterocycles. The average molecular weight is 321 g/mol. The second-order valence-corrected chi connectivity index (χ2v) is 4.99. The minimum absolute atomic E-state index is 0.146. The molecule has 0 saturated carbocycles. The Bertz CT molecular complexity index is 545. The monoisotopic (exact) mass is 321 g/mol. The van der Waals surface area contributed by atoms with E-state index in [1.807, 2.05) is 0 Å². The Balaban J connectivity index is 2.92. The number of H-pyrrole nitrogens is 1. The zero-order valence-electron chi connectivity index (χ0n) is 7.43. The third-order valence-corrected chi connectivity index (χ3v) is 4.69. The van der Waals surface area contributed by atoms with Crippen molar-refractivity contribution >= 4 is 50.1 Å². The predicted octanol–water partition coefficient (Wildman–Crippen LogP) is 1.73. The van der Waals surface area contributed by atoms with Crippen LogP contribution in [0.5, 0.6) is 0 Å². The molecule has 6 heteroatoms. The number of nitrogen functional groups attached to an aromatic ring is 1. The van der Waals surface area contributed by atoms with Gasteiger partial charge >= 0.3 is 0 Å². The lowest BCUT2D eigenvalue weighted by Crippen LogP contribution is -2.10. The predicted molar refractivity (Wildman–Crippen MR) is 66.7 cm³/mol. The van der Waals surface area contributed by atoms with Crippen molar-refractivity contribution in [1.82, 2.24) is 9.97 Å². The molecule has 0 bridgehead atoms. The minimum Gasteiger partial charge on any atom is -0.369 e. The maximum absolute atomic E-state index is 11.6. The van der Waals surface area contributed by atoms with Crippen LogP contribution in [-0.4, -0.2) is 9.97 Å². The molecule has 0 spiro atoms. The van der Waals surface area contributed by atoms with Gasteiger partial charge in [-0.15, -0.1) is 11.3 Å². The first-order valence-electron chi connectivity index (χ1n) is 4.10. The zero-order valence-corrected chi connectivity index (χ0v) is 10.4. The van der Waals surface area contributed by atoms with Crippen molar-refractivity contribution < 1.29 is 0 Å². The van der Waals surface area contributed by atoms with E-state index < -0.39 is 0 Å².